The summed E-state index contributed by atoms with van der Waals surface area (Å²) in [6, 6.07) is 6.22. The molecule has 3 heterocycles. The normalized spacial score (nSPS) is 14.4. The van der Waals surface area contributed by atoms with Crippen molar-refractivity contribution in [2.45, 2.75) is 32.4 Å². The van der Waals surface area contributed by atoms with E-state index in [1.807, 2.05) is 29.3 Å². The zero-order valence-electron chi connectivity index (χ0n) is 12.1. The molecule has 0 aliphatic heterocycles. The number of hydrogen-bond donors (Lipinski definition) is 0. The van der Waals surface area contributed by atoms with E-state index in [9.17, 15) is 4.79 Å². The van der Waals surface area contributed by atoms with Crippen molar-refractivity contribution in [3.63, 3.8) is 0 Å². The van der Waals surface area contributed by atoms with Gasteiger partial charge in [-0.25, -0.2) is 9.50 Å². The van der Waals surface area contributed by atoms with Gasteiger partial charge in [-0.05, 0) is 37.3 Å². The first-order valence-corrected chi connectivity index (χ1v) is 8.12. The van der Waals surface area contributed by atoms with Gasteiger partial charge in [0.2, 0.25) is 5.82 Å². The van der Waals surface area contributed by atoms with Gasteiger partial charge in [-0.1, -0.05) is 6.07 Å². The first kappa shape index (κ1) is 13.4. The molecule has 3 aromatic rings. The molecule has 112 valence electrons. The highest BCUT2D eigenvalue weighted by atomic mass is 32.1. The quantitative estimate of drug-likeness (QED) is 0.741. The van der Waals surface area contributed by atoms with Crippen molar-refractivity contribution in [1.82, 2.24) is 24.5 Å². The van der Waals surface area contributed by atoms with Crippen LogP contribution in [0.4, 0.5) is 0 Å². The van der Waals surface area contributed by atoms with Crippen LogP contribution in [-0.4, -0.2) is 36.4 Å². The van der Waals surface area contributed by atoms with E-state index in [2.05, 4.69) is 21.1 Å². The Kier molecular flexibility index (Phi) is 3.15. The number of aryl methyl sites for hydroxylation is 1. The van der Waals surface area contributed by atoms with Crippen LogP contribution in [0.3, 0.4) is 0 Å². The maximum absolute atomic E-state index is 12.8. The molecule has 1 aliphatic rings. The molecule has 7 heteroatoms. The Morgan fingerprint density at radius 1 is 1.45 bits per heavy atom. The molecule has 1 fully saturated rings. The van der Waals surface area contributed by atoms with Crippen molar-refractivity contribution in [3.8, 4) is 0 Å². The summed E-state index contributed by atoms with van der Waals surface area (Å²) in [5, 5.41) is 6.36. The summed E-state index contributed by atoms with van der Waals surface area (Å²) in [7, 11) is 0. The number of hydrogen-bond acceptors (Lipinski definition) is 5. The molecular formula is C15H15N5OS. The molecular weight excluding hydrogens is 298 g/mol. The summed E-state index contributed by atoms with van der Waals surface area (Å²) in [5.41, 5.74) is 0.910. The van der Waals surface area contributed by atoms with Crippen LogP contribution in [0.1, 0.15) is 34.0 Å². The van der Waals surface area contributed by atoms with Crippen molar-refractivity contribution in [2.24, 2.45) is 0 Å². The molecule has 22 heavy (non-hydrogen) atoms. The van der Waals surface area contributed by atoms with E-state index in [0.717, 1.165) is 18.5 Å². The first-order chi connectivity index (χ1) is 10.7. The van der Waals surface area contributed by atoms with Gasteiger partial charge in [0.1, 0.15) is 0 Å². The Morgan fingerprint density at radius 2 is 2.32 bits per heavy atom. The van der Waals surface area contributed by atoms with Crippen LogP contribution in [0.15, 0.2) is 29.8 Å². The summed E-state index contributed by atoms with van der Waals surface area (Å²) >= 11 is 1.66. The lowest BCUT2D eigenvalue weighted by Gasteiger charge is -2.19. The number of carbonyl (C=O) groups is 1. The van der Waals surface area contributed by atoms with Gasteiger partial charge in [-0.2, -0.15) is 4.98 Å². The maximum Gasteiger partial charge on any atom is 0.294 e. The molecule has 0 spiro atoms. The van der Waals surface area contributed by atoms with Crippen LogP contribution in [-0.2, 0) is 6.54 Å². The molecule has 0 aromatic carbocycles. The molecule has 3 aromatic heterocycles. The van der Waals surface area contributed by atoms with Crippen molar-refractivity contribution in [3.05, 3.63) is 46.2 Å². The standard InChI is InChI=1S/C15H15N5OS/c1-10-6-7-16-15-17-13(18-20(10)15)14(21)19(11-4-5-11)9-12-3-2-8-22-12/h2-3,6-8,11H,4-5,9H2,1H3. The number of carbonyl (C=O) groups excluding carboxylic acids is 1. The van der Waals surface area contributed by atoms with Crippen molar-refractivity contribution in [1.29, 1.82) is 0 Å². The van der Waals surface area contributed by atoms with Crippen LogP contribution in [0.5, 0.6) is 0 Å². The van der Waals surface area contributed by atoms with Gasteiger partial charge in [0.25, 0.3) is 11.7 Å². The summed E-state index contributed by atoms with van der Waals surface area (Å²) in [5.74, 6) is 0.585. The Bertz CT molecular complexity index is 822. The lowest BCUT2D eigenvalue weighted by atomic mass is 10.3. The number of nitrogens with zero attached hydrogens (tertiary/aromatic N) is 5. The molecule has 0 N–H and O–H groups in total. The molecule has 1 amide bonds. The molecule has 0 unspecified atom stereocenters. The van der Waals surface area contributed by atoms with E-state index in [1.165, 1.54) is 4.88 Å². The summed E-state index contributed by atoms with van der Waals surface area (Å²) in [6.45, 7) is 2.55. The van der Waals surface area contributed by atoms with E-state index < -0.39 is 0 Å². The second-order valence-corrected chi connectivity index (χ2v) is 6.51. The summed E-state index contributed by atoms with van der Waals surface area (Å²) < 4.78 is 1.61. The summed E-state index contributed by atoms with van der Waals surface area (Å²) in [4.78, 5) is 24.3. The van der Waals surface area contributed by atoms with Crippen LogP contribution in [0.25, 0.3) is 5.78 Å². The summed E-state index contributed by atoms with van der Waals surface area (Å²) in [6.07, 6.45) is 3.79. The van der Waals surface area contributed by atoms with Crippen LogP contribution in [0, 0.1) is 6.92 Å². The Labute approximate surface area is 131 Å². The molecule has 1 aliphatic carbocycles. The highest BCUT2D eigenvalue weighted by Gasteiger charge is 2.35. The van der Waals surface area contributed by atoms with Gasteiger partial charge < -0.3 is 4.90 Å². The van der Waals surface area contributed by atoms with Crippen molar-refractivity contribution >= 4 is 23.0 Å². The highest BCUT2D eigenvalue weighted by Crippen LogP contribution is 2.30. The Hall–Kier alpha value is -2.28. The van der Waals surface area contributed by atoms with Crippen molar-refractivity contribution in [2.75, 3.05) is 0 Å². The van der Waals surface area contributed by atoms with E-state index in [1.54, 1.807) is 22.0 Å². The van der Waals surface area contributed by atoms with Gasteiger partial charge in [0, 0.05) is 22.8 Å². The van der Waals surface area contributed by atoms with Gasteiger partial charge >= 0.3 is 0 Å². The largest absolute Gasteiger partial charge is 0.328 e. The van der Waals surface area contributed by atoms with E-state index in [4.69, 9.17) is 0 Å². The first-order valence-electron chi connectivity index (χ1n) is 7.24. The number of rotatable bonds is 4. The number of fused-ring (bicyclic) bond motifs is 1. The fourth-order valence-electron chi connectivity index (χ4n) is 2.45. The second kappa shape index (κ2) is 5.17. The van der Waals surface area contributed by atoms with Gasteiger partial charge in [0.15, 0.2) is 0 Å². The monoisotopic (exact) mass is 313 g/mol. The third-order valence-electron chi connectivity index (χ3n) is 3.78. The van der Waals surface area contributed by atoms with Crippen LogP contribution in [0.2, 0.25) is 0 Å². The predicted octanol–water partition coefficient (Wildman–Crippen LogP) is 2.30. The van der Waals surface area contributed by atoms with E-state index in [0.29, 0.717) is 18.4 Å². The minimum atomic E-state index is -0.110. The van der Waals surface area contributed by atoms with E-state index >= 15 is 0 Å². The number of aromatic nitrogens is 4. The van der Waals surface area contributed by atoms with Crippen LogP contribution < -0.4 is 0 Å². The fraction of sp³-hybridized carbons (Fsp3) is 0.333. The zero-order valence-corrected chi connectivity index (χ0v) is 13.0. The maximum atomic E-state index is 12.8. The number of thiophene rings is 1. The number of amides is 1. The predicted molar refractivity (Wildman–Crippen MR) is 82.7 cm³/mol. The lowest BCUT2D eigenvalue weighted by Crippen LogP contribution is -2.33. The van der Waals surface area contributed by atoms with Crippen LogP contribution >= 0.6 is 11.3 Å². The Balaban J connectivity index is 1.66. The van der Waals surface area contributed by atoms with E-state index in [-0.39, 0.29) is 11.7 Å². The topological polar surface area (TPSA) is 63.4 Å². The van der Waals surface area contributed by atoms with Gasteiger partial charge in [-0.3, -0.25) is 4.79 Å². The average Bonchev–Trinajstić information content (AvgIpc) is 3.05. The van der Waals surface area contributed by atoms with Crippen molar-refractivity contribution < 1.29 is 4.79 Å². The molecule has 0 atom stereocenters. The minimum Gasteiger partial charge on any atom is -0.328 e. The second-order valence-electron chi connectivity index (χ2n) is 5.48. The molecule has 0 radical (unpaired) electrons. The molecule has 4 rings (SSSR count). The zero-order chi connectivity index (χ0) is 15.1. The third-order valence-corrected chi connectivity index (χ3v) is 4.64. The molecule has 1 saturated carbocycles. The highest BCUT2D eigenvalue weighted by molar-refractivity contribution is 7.09. The molecule has 0 saturated heterocycles. The SMILES string of the molecule is Cc1ccnc2nc(C(=O)N(Cc3cccs3)C3CC3)nn12. The minimum absolute atomic E-state index is 0.110. The molecule has 6 nitrogen and oxygen atoms in total. The lowest BCUT2D eigenvalue weighted by molar-refractivity contribution is 0.0719. The third kappa shape index (κ3) is 2.37. The molecule has 0 bridgehead atoms. The van der Waals surface area contributed by atoms with Gasteiger partial charge in [-0.15, -0.1) is 16.4 Å². The van der Waals surface area contributed by atoms with Gasteiger partial charge in [0.05, 0.1) is 6.54 Å². The fourth-order valence-corrected chi connectivity index (χ4v) is 3.15. The average molecular weight is 313 g/mol. The smallest absolute Gasteiger partial charge is 0.294 e. The Morgan fingerprint density at radius 3 is 3.00 bits per heavy atom.